The van der Waals surface area contributed by atoms with Crippen molar-refractivity contribution in [1.82, 2.24) is 4.98 Å². The molecule has 0 atom stereocenters. The number of hydrogen-bond donors (Lipinski definition) is 2. The fraction of sp³-hybridized carbons (Fsp3) is 0.0870. The van der Waals surface area contributed by atoms with Crippen molar-refractivity contribution in [2.45, 2.75) is 13.3 Å². The zero-order chi connectivity index (χ0) is 24.2. The first-order valence-electron chi connectivity index (χ1n) is 9.42. The number of carbonyl (C=O) groups excluding carboxylic acids is 2. The van der Waals surface area contributed by atoms with E-state index in [4.69, 9.17) is 11.6 Å². The second-order valence-electron chi connectivity index (χ2n) is 6.88. The lowest BCUT2D eigenvalue weighted by atomic mass is 10.1. The molecule has 0 radical (unpaired) electrons. The van der Waals surface area contributed by atoms with Crippen LogP contribution in [0.4, 0.5) is 24.7 Å². The molecular formula is C23H17ClF3N3O3. The third-order valence-electron chi connectivity index (χ3n) is 4.33. The quantitative estimate of drug-likeness (QED) is 0.446. The minimum absolute atomic E-state index is 0.0232. The maximum absolute atomic E-state index is 12.8. The lowest BCUT2D eigenvalue weighted by Gasteiger charge is -2.15. The molecule has 1 aromatic heterocycles. The molecule has 0 saturated heterocycles. The zero-order valence-corrected chi connectivity index (χ0v) is 17.9. The third kappa shape index (κ3) is 6.56. The molecule has 3 rings (SSSR count). The molecule has 0 aliphatic carbocycles. The topological polar surface area (TPSA) is 80.3 Å². The van der Waals surface area contributed by atoms with Crippen molar-refractivity contribution in [2.24, 2.45) is 0 Å². The van der Waals surface area contributed by atoms with Crippen LogP contribution in [0.1, 0.15) is 33.2 Å². The van der Waals surface area contributed by atoms with Gasteiger partial charge >= 0.3 is 6.36 Å². The summed E-state index contributed by atoms with van der Waals surface area (Å²) in [4.78, 5) is 29.4. The van der Waals surface area contributed by atoms with E-state index in [2.05, 4.69) is 26.9 Å². The number of allylic oxidation sites excluding steroid dienone is 1. The van der Waals surface area contributed by atoms with Gasteiger partial charge in [0.2, 0.25) is 0 Å². The molecule has 10 heteroatoms. The molecule has 0 aliphatic rings. The van der Waals surface area contributed by atoms with E-state index in [0.29, 0.717) is 5.02 Å². The van der Waals surface area contributed by atoms with E-state index < -0.39 is 23.9 Å². The molecule has 33 heavy (non-hydrogen) atoms. The molecule has 0 saturated carbocycles. The molecule has 2 amide bonds. The monoisotopic (exact) mass is 475 g/mol. The fourth-order valence-electron chi connectivity index (χ4n) is 2.75. The van der Waals surface area contributed by atoms with Gasteiger partial charge in [-0.25, -0.2) is 4.98 Å². The first-order chi connectivity index (χ1) is 15.5. The lowest BCUT2D eigenvalue weighted by molar-refractivity contribution is -0.274. The molecule has 2 N–H and O–H groups in total. The minimum Gasteiger partial charge on any atom is -0.406 e. The Kier molecular flexibility index (Phi) is 7.03. The van der Waals surface area contributed by atoms with Crippen molar-refractivity contribution >= 4 is 40.5 Å². The summed E-state index contributed by atoms with van der Waals surface area (Å²) in [5, 5.41) is 5.32. The van der Waals surface area contributed by atoms with E-state index in [-0.39, 0.29) is 22.6 Å². The van der Waals surface area contributed by atoms with Crippen LogP contribution in [-0.2, 0) is 0 Å². The van der Waals surface area contributed by atoms with Gasteiger partial charge in [0.1, 0.15) is 11.6 Å². The van der Waals surface area contributed by atoms with Crippen LogP contribution in [0.3, 0.4) is 0 Å². The van der Waals surface area contributed by atoms with Crippen LogP contribution in [0.2, 0.25) is 5.02 Å². The number of halogens is 4. The molecule has 6 nitrogen and oxygen atoms in total. The summed E-state index contributed by atoms with van der Waals surface area (Å²) in [6.45, 7) is 5.64. The summed E-state index contributed by atoms with van der Waals surface area (Å²) in [5.41, 5.74) is 1.65. The van der Waals surface area contributed by atoms with E-state index in [1.807, 2.05) is 6.92 Å². The highest BCUT2D eigenvalue weighted by Gasteiger charge is 2.31. The zero-order valence-electron chi connectivity index (χ0n) is 17.2. The number of nitrogens with zero attached hydrogens (tertiary/aromatic N) is 1. The molecule has 0 fully saturated rings. The Morgan fingerprint density at radius 1 is 0.970 bits per heavy atom. The molecule has 2 aromatic carbocycles. The van der Waals surface area contributed by atoms with Gasteiger partial charge in [-0.05, 0) is 55.0 Å². The lowest BCUT2D eigenvalue weighted by Crippen LogP contribution is -2.20. The smallest absolute Gasteiger partial charge is 0.406 e. The molecule has 1 heterocycles. The molecule has 0 bridgehead atoms. The molecule has 0 aliphatic heterocycles. The van der Waals surface area contributed by atoms with Gasteiger partial charge in [-0.1, -0.05) is 35.9 Å². The second-order valence-corrected chi connectivity index (χ2v) is 7.32. The van der Waals surface area contributed by atoms with E-state index >= 15 is 0 Å². The molecule has 3 aromatic rings. The van der Waals surface area contributed by atoms with Crippen molar-refractivity contribution < 1.29 is 27.5 Å². The summed E-state index contributed by atoms with van der Waals surface area (Å²) in [5.74, 6) is -1.89. The van der Waals surface area contributed by atoms with Crippen molar-refractivity contribution in [2.75, 3.05) is 10.6 Å². The van der Waals surface area contributed by atoms with Crippen LogP contribution < -0.4 is 15.4 Å². The number of anilines is 2. The van der Waals surface area contributed by atoms with Gasteiger partial charge in [-0.3, -0.25) is 9.59 Å². The Labute approximate surface area is 192 Å². The van der Waals surface area contributed by atoms with Crippen molar-refractivity contribution in [3.63, 3.8) is 0 Å². The average Bonchev–Trinajstić information content (AvgIpc) is 2.75. The number of nitrogens with one attached hydrogen (secondary N) is 2. The number of ether oxygens (including phenoxy) is 1. The van der Waals surface area contributed by atoms with Gasteiger partial charge in [0.05, 0.1) is 16.3 Å². The molecule has 170 valence electrons. The van der Waals surface area contributed by atoms with E-state index in [1.165, 1.54) is 18.3 Å². The number of alkyl halides is 3. The Bertz CT molecular complexity index is 1190. The maximum atomic E-state index is 12.8. The standard InChI is InChI=1S/C23H17ClF3N3O3/c1-13(2)14-3-5-15(6-4-14)21(31)29-19-9-8-17(33-23(25,26)27)11-18(19)22(32)30-20-10-7-16(24)12-28-20/h3-12H,1H2,2H3,(H,29,31)(H,28,30,32). The highest BCUT2D eigenvalue weighted by molar-refractivity contribution is 6.30. The van der Waals surface area contributed by atoms with Gasteiger partial charge in [-0.15, -0.1) is 13.2 Å². The number of hydrogen-bond acceptors (Lipinski definition) is 4. The molecule has 0 unspecified atom stereocenters. The number of aromatic nitrogens is 1. The van der Waals surface area contributed by atoms with Crippen LogP contribution >= 0.6 is 11.6 Å². The number of rotatable bonds is 6. The first kappa shape index (κ1) is 23.8. The number of pyridine rings is 1. The van der Waals surface area contributed by atoms with Crippen LogP contribution in [-0.4, -0.2) is 23.2 Å². The Morgan fingerprint density at radius 3 is 2.21 bits per heavy atom. The number of amides is 2. The maximum Gasteiger partial charge on any atom is 0.573 e. The van der Waals surface area contributed by atoms with Gasteiger partial charge in [0.15, 0.2) is 0 Å². The number of benzene rings is 2. The Morgan fingerprint density at radius 2 is 1.64 bits per heavy atom. The average molecular weight is 476 g/mol. The van der Waals surface area contributed by atoms with E-state index in [1.54, 1.807) is 24.3 Å². The fourth-order valence-corrected chi connectivity index (χ4v) is 2.86. The van der Waals surface area contributed by atoms with Gasteiger partial charge in [0.25, 0.3) is 11.8 Å². The Hall–Kier alpha value is -3.85. The SMILES string of the molecule is C=C(C)c1ccc(C(=O)Nc2ccc(OC(F)(F)F)cc2C(=O)Nc2ccc(Cl)cn2)cc1. The summed E-state index contributed by atoms with van der Waals surface area (Å²) in [6, 6.07) is 12.4. The molecule has 0 spiro atoms. The van der Waals surface area contributed by atoms with Crippen LogP contribution in [0.15, 0.2) is 67.4 Å². The van der Waals surface area contributed by atoms with Gasteiger partial charge < -0.3 is 15.4 Å². The van der Waals surface area contributed by atoms with Crippen molar-refractivity contribution in [3.8, 4) is 5.75 Å². The summed E-state index contributed by atoms with van der Waals surface area (Å²) < 4.78 is 41.9. The van der Waals surface area contributed by atoms with Crippen molar-refractivity contribution in [1.29, 1.82) is 0 Å². The second kappa shape index (κ2) is 9.74. The highest BCUT2D eigenvalue weighted by atomic mass is 35.5. The highest BCUT2D eigenvalue weighted by Crippen LogP contribution is 2.28. The van der Waals surface area contributed by atoms with Crippen LogP contribution in [0.25, 0.3) is 5.57 Å². The van der Waals surface area contributed by atoms with Gasteiger partial charge in [-0.2, -0.15) is 0 Å². The third-order valence-corrected chi connectivity index (χ3v) is 4.55. The first-order valence-corrected chi connectivity index (χ1v) is 9.79. The van der Waals surface area contributed by atoms with Crippen molar-refractivity contribution in [3.05, 3.63) is 89.1 Å². The minimum atomic E-state index is -4.96. The predicted molar refractivity (Wildman–Crippen MR) is 119 cm³/mol. The number of carbonyl (C=O) groups is 2. The normalized spacial score (nSPS) is 10.9. The van der Waals surface area contributed by atoms with E-state index in [9.17, 15) is 22.8 Å². The van der Waals surface area contributed by atoms with E-state index in [0.717, 1.165) is 29.3 Å². The van der Waals surface area contributed by atoms with Crippen LogP contribution in [0, 0.1) is 0 Å². The Balaban J connectivity index is 1.90. The van der Waals surface area contributed by atoms with Gasteiger partial charge in [0, 0.05) is 11.8 Å². The summed E-state index contributed by atoms with van der Waals surface area (Å²) in [6.07, 6.45) is -3.67. The molecular weight excluding hydrogens is 459 g/mol. The summed E-state index contributed by atoms with van der Waals surface area (Å²) in [7, 11) is 0. The largest absolute Gasteiger partial charge is 0.573 e. The predicted octanol–water partition coefficient (Wildman–Crippen LogP) is 6.17. The van der Waals surface area contributed by atoms with Crippen LogP contribution in [0.5, 0.6) is 5.75 Å². The summed E-state index contributed by atoms with van der Waals surface area (Å²) >= 11 is 5.76.